The van der Waals surface area contributed by atoms with Gasteiger partial charge in [0.05, 0.1) is 11.0 Å². The van der Waals surface area contributed by atoms with Crippen molar-refractivity contribution in [2.24, 2.45) is 0 Å². The number of nitro benzene ring substituents is 1. The van der Waals surface area contributed by atoms with Gasteiger partial charge in [-0.3, -0.25) is 10.1 Å². The Morgan fingerprint density at radius 3 is 2.42 bits per heavy atom. The zero-order chi connectivity index (χ0) is 13.8. The van der Waals surface area contributed by atoms with Gasteiger partial charge in [-0.15, -0.1) is 0 Å². The summed E-state index contributed by atoms with van der Waals surface area (Å²) in [5.74, 6) is -0.339. The van der Waals surface area contributed by atoms with Crippen molar-refractivity contribution in [2.45, 2.75) is 5.33 Å². The molecule has 19 heavy (non-hydrogen) atoms. The fourth-order valence-corrected chi connectivity index (χ4v) is 1.83. The maximum Gasteiger partial charge on any atom is 0.272 e. The van der Waals surface area contributed by atoms with Crippen molar-refractivity contribution in [3.05, 3.63) is 64.0 Å². The summed E-state index contributed by atoms with van der Waals surface area (Å²) < 4.78 is 18.9. The highest BCUT2D eigenvalue weighted by Crippen LogP contribution is 2.27. The SMILES string of the molecule is O=[N+]([O-])c1ccc(Oc2ccc(CBr)cc2)c(F)c1. The standard InChI is InChI=1S/C13H9BrFNO3/c14-8-9-1-4-11(5-2-9)19-13-6-3-10(16(17)18)7-12(13)15/h1-7H,8H2. The van der Waals surface area contributed by atoms with Crippen LogP contribution in [0.1, 0.15) is 5.56 Å². The average Bonchev–Trinajstić information content (AvgIpc) is 2.41. The number of alkyl halides is 1. The van der Waals surface area contributed by atoms with Gasteiger partial charge in [0, 0.05) is 11.4 Å². The Labute approximate surface area is 117 Å². The monoisotopic (exact) mass is 325 g/mol. The number of nitro groups is 1. The van der Waals surface area contributed by atoms with Crippen LogP contribution in [-0.2, 0) is 5.33 Å². The number of non-ortho nitro benzene ring substituents is 1. The highest BCUT2D eigenvalue weighted by molar-refractivity contribution is 9.08. The van der Waals surface area contributed by atoms with Crippen LogP contribution in [0.15, 0.2) is 42.5 Å². The van der Waals surface area contributed by atoms with E-state index < -0.39 is 10.7 Å². The van der Waals surface area contributed by atoms with E-state index in [0.717, 1.165) is 17.0 Å². The van der Waals surface area contributed by atoms with Crippen LogP contribution < -0.4 is 4.74 Å². The van der Waals surface area contributed by atoms with Crippen LogP contribution in [0.4, 0.5) is 10.1 Å². The zero-order valence-corrected chi connectivity index (χ0v) is 11.3. The van der Waals surface area contributed by atoms with Crippen LogP contribution in [0.2, 0.25) is 0 Å². The lowest BCUT2D eigenvalue weighted by Crippen LogP contribution is -1.92. The molecular formula is C13H9BrFNO3. The van der Waals surface area contributed by atoms with E-state index >= 15 is 0 Å². The molecule has 2 aromatic rings. The summed E-state index contributed by atoms with van der Waals surface area (Å²) in [5, 5.41) is 11.2. The lowest BCUT2D eigenvalue weighted by Gasteiger charge is -2.07. The van der Waals surface area contributed by atoms with Crippen molar-refractivity contribution in [3.8, 4) is 11.5 Å². The van der Waals surface area contributed by atoms with Gasteiger partial charge in [-0.25, -0.2) is 4.39 Å². The molecule has 0 heterocycles. The number of rotatable bonds is 4. The summed E-state index contributed by atoms with van der Waals surface area (Å²) in [6.45, 7) is 0. The van der Waals surface area contributed by atoms with Crippen LogP contribution >= 0.6 is 15.9 Å². The Bertz CT molecular complexity index is 601. The molecule has 0 aliphatic heterocycles. The van der Waals surface area contributed by atoms with Gasteiger partial charge >= 0.3 is 0 Å². The minimum Gasteiger partial charge on any atom is -0.454 e. The molecule has 0 N–H and O–H groups in total. The third-order valence-corrected chi connectivity index (χ3v) is 3.08. The van der Waals surface area contributed by atoms with Gasteiger partial charge in [0.2, 0.25) is 0 Å². The van der Waals surface area contributed by atoms with Crippen molar-refractivity contribution >= 4 is 21.6 Å². The largest absolute Gasteiger partial charge is 0.454 e. The van der Waals surface area contributed by atoms with E-state index in [1.54, 1.807) is 12.1 Å². The molecule has 0 unspecified atom stereocenters. The molecule has 0 bridgehead atoms. The van der Waals surface area contributed by atoms with Crippen LogP contribution in [0.5, 0.6) is 11.5 Å². The highest BCUT2D eigenvalue weighted by Gasteiger charge is 2.12. The minimum atomic E-state index is -0.765. The number of hydrogen-bond donors (Lipinski definition) is 0. The van der Waals surface area contributed by atoms with Crippen molar-refractivity contribution < 1.29 is 14.1 Å². The summed E-state index contributed by atoms with van der Waals surface area (Å²) in [5.41, 5.74) is 0.760. The molecule has 0 saturated heterocycles. The Kier molecular flexibility index (Phi) is 4.11. The number of halogens is 2. The molecule has 0 saturated carbocycles. The molecule has 98 valence electrons. The second kappa shape index (κ2) is 5.79. The molecule has 0 aliphatic rings. The van der Waals surface area contributed by atoms with Gasteiger partial charge in [-0.2, -0.15) is 0 Å². The van der Waals surface area contributed by atoms with E-state index in [0.29, 0.717) is 5.75 Å². The first-order valence-electron chi connectivity index (χ1n) is 5.37. The van der Waals surface area contributed by atoms with Crippen LogP contribution in [0.25, 0.3) is 0 Å². The maximum atomic E-state index is 13.6. The zero-order valence-electron chi connectivity index (χ0n) is 9.68. The number of benzene rings is 2. The molecular weight excluding hydrogens is 317 g/mol. The average molecular weight is 326 g/mol. The fraction of sp³-hybridized carbons (Fsp3) is 0.0769. The third-order valence-electron chi connectivity index (χ3n) is 2.43. The van der Waals surface area contributed by atoms with Gasteiger partial charge in [-0.05, 0) is 23.8 Å². The first kappa shape index (κ1) is 13.5. The fourth-order valence-electron chi connectivity index (χ4n) is 1.46. The smallest absolute Gasteiger partial charge is 0.272 e. The summed E-state index contributed by atoms with van der Waals surface area (Å²) in [6.07, 6.45) is 0. The molecule has 0 aliphatic carbocycles. The van der Waals surface area contributed by atoms with E-state index in [-0.39, 0.29) is 11.4 Å². The lowest BCUT2D eigenvalue weighted by atomic mass is 10.2. The normalized spacial score (nSPS) is 10.2. The maximum absolute atomic E-state index is 13.6. The summed E-state index contributed by atoms with van der Waals surface area (Å²) >= 11 is 3.32. The van der Waals surface area contributed by atoms with E-state index in [2.05, 4.69) is 15.9 Å². The Balaban J connectivity index is 2.20. The number of hydrogen-bond acceptors (Lipinski definition) is 3. The van der Waals surface area contributed by atoms with Crippen LogP contribution in [-0.4, -0.2) is 4.92 Å². The molecule has 4 nitrogen and oxygen atoms in total. The predicted molar refractivity (Wildman–Crippen MR) is 72.2 cm³/mol. The van der Waals surface area contributed by atoms with Crippen LogP contribution in [0, 0.1) is 15.9 Å². The molecule has 6 heteroatoms. The van der Waals surface area contributed by atoms with E-state index in [1.807, 2.05) is 12.1 Å². The van der Waals surface area contributed by atoms with Gasteiger partial charge in [0.1, 0.15) is 5.75 Å². The molecule has 0 radical (unpaired) electrons. The van der Waals surface area contributed by atoms with Gasteiger partial charge in [-0.1, -0.05) is 28.1 Å². The summed E-state index contributed by atoms with van der Waals surface area (Å²) in [6, 6.07) is 10.4. The highest BCUT2D eigenvalue weighted by atomic mass is 79.9. The van der Waals surface area contributed by atoms with Gasteiger partial charge in [0.25, 0.3) is 5.69 Å². The van der Waals surface area contributed by atoms with E-state index in [4.69, 9.17) is 4.74 Å². The van der Waals surface area contributed by atoms with Gasteiger partial charge < -0.3 is 4.74 Å². The van der Waals surface area contributed by atoms with E-state index in [1.165, 1.54) is 12.1 Å². The Morgan fingerprint density at radius 1 is 1.21 bits per heavy atom. The lowest BCUT2D eigenvalue weighted by molar-refractivity contribution is -0.385. The first-order valence-corrected chi connectivity index (χ1v) is 6.49. The Morgan fingerprint density at radius 2 is 1.89 bits per heavy atom. The quantitative estimate of drug-likeness (QED) is 0.475. The molecule has 0 amide bonds. The Hall–Kier alpha value is -1.95. The predicted octanol–water partition coefficient (Wildman–Crippen LogP) is 4.42. The van der Waals surface area contributed by atoms with Crippen molar-refractivity contribution in [1.82, 2.24) is 0 Å². The van der Waals surface area contributed by atoms with Crippen LogP contribution in [0.3, 0.4) is 0 Å². The van der Waals surface area contributed by atoms with Crippen molar-refractivity contribution in [3.63, 3.8) is 0 Å². The molecule has 0 atom stereocenters. The molecule has 0 fully saturated rings. The second-order valence-electron chi connectivity index (χ2n) is 3.75. The molecule has 0 spiro atoms. The molecule has 0 aromatic heterocycles. The topological polar surface area (TPSA) is 52.4 Å². The minimum absolute atomic E-state index is 0.0443. The third kappa shape index (κ3) is 3.29. The number of nitrogens with zero attached hydrogens (tertiary/aromatic N) is 1. The number of ether oxygens (including phenoxy) is 1. The van der Waals surface area contributed by atoms with Gasteiger partial charge in [0.15, 0.2) is 11.6 Å². The second-order valence-corrected chi connectivity index (χ2v) is 4.31. The molecule has 2 aromatic carbocycles. The summed E-state index contributed by atoms with van der Waals surface area (Å²) in [4.78, 5) is 9.83. The molecule has 2 rings (SSSR count). The summed E-state index contributed by atoms with van der Waals surface area (Å²) in [7, 11) is 0. The van der Waals surface area contributed by atoms with Crippen molar-refractivity contribution in [2.75, 3.05) is 0 Å². The van der Waals surface area contributed by atoms with E-state index in [9.17, 15) is 14.5 Å². The van der Waals surface area contributed by atoms with Crippen molar-refractivity contribution in [1.29, 1.82) is 0 Å². The first-order chi connectivity index (χ1) is 9.10.